The molecule has 1 aromatic heterocycles. The van der Waals surface area contributed by atoms with Crippen molar-refractivity contribution in [2.75, 3.05) is 5.32 Å². The van der Waals surface area contributed by atoms with Crippen LogP contribution < -0.4 is 5.32 Å². The van der Waals surface area contributed by atoms with Gasteiger partial charge in [-0.05, 0) is 31.2 Å². The van der Waals surface area contributed by atoms with Crippen molar-refractivity contribution in [3.8, 4) is 0 Å². The summed E-state index contributed by atoms with van der Waals surface area (Å²) in [6.45, 7) is 1.61. The molecule has 19 heavy (non-hydrogen) atoms. The van der Waals surface area contributed by atoms with Crippen LogP contribution in [0.15, 0.2) is 30.3 Å². The lowest BCUT2D eigenvalue weighted by Gasteiger charge is -2.08. The number of carboxylic acid groups (broad SMARTS) is 1. The third-order valence-electron chi connectivity index (χ3n) is 2.39. The number of benzene rings is 1. The molecular weight excluding hydrogens is 254 g/mol. The molecule has 6 heteroatoms. The second-order valence-electron chi connectivity index (χ2n) is 3.94. The number of nitrogens with one attached hydrogen (secondary N) is 1. The molecule has 1 aromatic carbocycles. The van der Waals surface area contributed by atoms with E-state index in [2.05, 4.69) is 10.3 Å². The maximum Gasteiger partial charge on any atom is 0.335 e. The molecular formula is C13H10F2N2O2. The molecule has 0 aliphatic rings. The third-order valence-corrected chi connectivity index (χ3v) is 2.39. The fourth-order valence-electron chi connectivity index (χ4n) is 1.59. The van der Waals surface area contributed by atoms with Gasteiger partial charge in [-0.2, -0.15) is 0 Å². The number of carbonyl (C=O) groups is 1. The normalized spacial score (nSPS) is 10.3. The zero-order valence-electron chi connectivity index (χ0n) is 9.95. The Labute approximate surface area is 107 Å². The van der Waals surface area contributed by atoms with Crippen molar-refractivity contribution in [2.45, 2.75) is 6.92 Å². The summed E-state index contributed by atoms with van der Waals surface area (Å²) in [4.78, 5) is 14.9. The van der Waals surface area contributed by atoms with Crippen LogP contribution in [0, 0.1) is 18.6 Å². The van der Waals surface area contributed by atoms with E-state index < -0.39 is 17.6 Å². The van der Waals surface area contributed by atoms with Crippen molar-refractivity contribution in [3.63, 3.8) is 0 Å². The van der Waals surface area contributed by atoms with E-state index in [1.807, 2.05) is 0 Å². The van der Waals surface area contributed by atoms with E-state index >= 15 is 0 Å². The summed E-state index contributed by atoms with van der Waals surface area (Å²) in [5, 5.41) is 11.5. The second kappa shape index (κ2) is 5.01. The van der Waals surface area contributed by atoms with E-state index in [-0.39, 0.29) is 17.1 Å². The SMILES string of the molecule is Cc1cc(C(=O)O)cc(Nc2cc(F)ccc2F)n1. The number of hydrogen-bond donors (Lipinski definition) is 2. The van der Waals surface area contributed by atoms with Gasteiger partial charge in [0.1, 0.15) is 17.5 Å². The van der Waals surface area contributed by atoms with Crippen molar-refractivity contribution in [3.05, 3.63) is 53.2 Å². The summed E-state index contributed by atoms with van der Waals surface area (Å²) in [5.74, 6) is -2.23. The van der Waals surface area contributed by atoms with Gasteiger partial charge in [0, 0.05) is 11.8 Å². The Morgan fingerprint density at radius 2 is 2.00 bits per heavy atom. The minimum absolute atomic E-state index is 0.0202. The first-order valence-electron chi connectivity index (χ1n) is 5.40. The summed E-state index contributed by atoms with van der Waals surface area (Å²) >= 11 is 0. The molecule has 0 radical (unpaired) electrons. The minimum Gasteiger partial charge on any atom is -0.478 e. The van der Waals surface area contributed by atoms with Gasteiger partial charge in [-0.25, -0.2) is 18.6 Å². The minimum atomic E-state index is -1.12. The van der Waals surface area contributed by atoms with Crippen molar-refractivity contribution >= 4 is 17.5 Å². The van der Waals surface area contributed by atoms with Gasteiger partial charge in [0.15, 0.2) is 0 Å². The summed E-state index contributed by atoms with van der Waals surface area (Å²) in [6, 6.07) is 5.58. The van der Waals surface area contributed by atoms with Crippen LogP contribution in [0.5, 0.6) is 0 Å². The summed E-state index contributed by atoms with van der Waals surface area (Å²) in [5.41, 5.74) is 0.375. The van der Waals surface area contributed by atoms with Crippen LogP contribution in [0.3, 0.4) is 0 Å². The van der Waals surface area contributed by atoms with Gasteiger partial charge in [0.25, 0.3) is 0 Å². The average Bonchev–Trinajstić information content (AvgIpc) is 2.33. The zero-order chi connectivity index (χ0) is 14.0. The van der Waals surface area contributed by atoms with Crippen LogP contribution in [0.2, 0.25) is 0 Å². The van der Waals surface area contributed by atoms with E-state index in [4.69, 9.17) is 5.11 Å². The molecule has 0 aliphatic carbocycles. The maximum atomic E-state index is 13.4. The van der Waals surface area contributed by atoms with Gasteiger partial charge >= 0.3 is 5.97 Å². The Morgan fingerprint density at radius 1 is 1.26 bits per heavy atom. The highest BCUT2D eigenvalue weighted by Gasteiger charge is 2.09. The molecule has 0 bridgehead atoms. The molecule has 0 aliphatic heterocycles. The molecule has 0 amide bonds. The Balaban J connectivity index is 2.38. The molecule has 4 nitrogen and oxygen atoms in total. The van der Waals surface area contributed by atoms with Crippen LogP contribution in [-0.2, 0) is 0 Å². The lowest BCUT2D eigenvalue weighted by Crippen LogP contribution is -2.03. The number of aromatic nitrogens is 1. The zero-order valence-corrected chi connectivity index (χ0v) is 9.95. The largest absolute Gasteiger partial charge is 0.478 e. The molecule has 2 N–H and O–H groups in total. The molecule has 2 rings (SSSR count). The highest BCUT2D eigenvalue weighted by Crippen LogP contribution is 2.21. The van der Waals surface area contributed by atoms with Crippen LogP contribution in [0.25, 0.3) is 0 Å². The Morgan fingerprint density at radius 3 is 2.68 bits per heavy atom. The van der Waals surface area contributed by atoms with E-state index in [1.54, 1.807) is 6.92 Å². The monoisotopic (exact) mass is 264 g/mol. The molecule has 0 atom stereocenters. The number of aromatic carboxylic acids is 1. The van der Waals surface area contributed by atoms with Crippen LogP contribution >= 0.6 is 0 Å². The molecule has 1 heterocycles. The molecule has 0 spiro atoms. The highest BCUT2D eigenvalue weighted by molar-refractivity contribution is 5.88. The number of rotatable bonds is 3. The van der Waals surface area contributed by atoms with Crippen LogP contribution in [0.4, 0.5) is 20.3 Å². The fraction of sp³-hybridized carbons (Fsp3) is 0.0769. The summed E-state index contributed by atoms with van der Waals surface area (Å²) in [7, 11) is 0. The van der Waals surface area contributed by atoms with Crippen molar-refractivity contribution in [1.82, 2.24) is 4.98 Å². The molecule has 98 valence electrons. The number of anilines is 2. The predicted octanol–water partition coefficient (Wildman–Crippen LogP) is 3.11. The topological polar surface area (TPSA) is 62.2 Å². The number of aryl methyl sites for hydroxylation is 1. The first-order valence-corrected chi connectivity index (χ1v) is 5.40. The second-order valence-corrected chi connectivity index (χ2v) is 3.94. The Hall–Kier alpha value is -2.50. The summed E-state index contributed by atoms with van der Waals surface area (Å²) < 4.78 is 26.5. The number of nitrogens with zero attached hydrogens (tertiary/aromatic N) is 1. The van der Waals surface area contributed by atoms with Gasteiger partial charge < -0.3 is 10.4 Å². The number of carboxylic acids is 1. The Kier molecular flexibility index (Phi) is 3.41. The molecule has 0 unspecified atom stereocenters. The van der Waals surface area contributed by atoms with E-state index in [9.17, 15) is 13.6 Å². The van der Waals surface area contributed by atoms with Gasteiger partial charge in [0.05, 0.1) is 11.3 Å². The number of halogens is 2. The van der Waals surface area contributed by atoms with Gasteiger partial charge in [-0.15, -0.1) is 0 Å². The van der Waals surface area contributed by atoms with Crippen molar-refractivity contribution in [1.29, 1.82) is 0 Å². The van der Waals surface area contributed by atoms with E-state index in [1.165, 1.54) is 12.1 Å². The standard InChI is InChI=1S/C13H10F2N2O2/c1-7-4-8(13(18)19)5-12(16-7)17-11-6-9(14)2-3-10(11)15/h2-6H,1H3,(H,16,17)(H,18,19). The van der Waals surface area contributed by atoms with Crippen molar-refractivity contribution in [2.24, 2.45) is 0 Å². The van der Waals surface area contributed by atoms with Crippen molar-refractivity contribution < 1.29 is 18.7 Å². The van der Waals surface area contributed by atoms with Gasteiger partial charge in [-0.1, -0.05) is 0 Å². The summed E-state index contributed by atoms with van der Waals surface area (Å²) in [6.07, 6.45) is 0. The van der Waals surface area contributed by atoms with Gasteiger partial charge in [0.2, 0.25) is 0 Å². The molecule has 0 saturated heterocycles. The van der Waals surface area contributed by atoms with Gasteiger partial charge in [-0.3, -0.25) is 0 Å². The fourth-order valence-corrected chi connectivity index (χ4v) is 1.59. The van der Waals surface area contributed by atoms with Crippen LogP contribution in [0.1, 0.15) is 16.1 Å². The number of hydrogen-bond acceptors (Lipinski definition) is 3. The van der Waals surface area contributed by atoms with E-state index in [0.29, 0.717) is 5.69 Å². The molecule has 0 fully saturated rings. The Bertz CT molecular complexity index is 645. The number of pyridine rings is 1. The quantitative estimate of drug-likeness (QED) is 0.894. The lowest BCUT2D eigenvalue weighted by molar-refractivity contribution is 0.0696. The molecule has 2 aromatic rings. The third kappa shape index (κ3) is 3.04. The maximum absolute atomic E-state index is 13.4. The van der Waals surface area contributed by atoms with Crippen LogP contribution in [-0.4, -0.2) is 16.1 Å². The molecule has 0 saturated carbocycles. The first kappa shape index (κ1) is 12.9. The average molecular weight is 264 g/mol. The smallest absolute Gasteiger partial charge is 0.335 e. The lowest BCUT2D eigenvalue weighted by atomic mass is 10.2. The van der Waals surface area contributed by atoms with E-state index in [0.717, 1.165) is 18.2 Å². The highest BCUT2D eigenvalue weighted by atomic mass is 19.1. The predicted molar refractivity (Wildman–Crippen MR) is 65.6 cm³/mol. The first-order chi connectivity index (χ1) is 8.95.